The Labute approximate surface area is 150 Å². The van der Waals surface area contributed by atoms with Gasteiger partial charge in [0.05, 0.1) is 24.3 Å². The third-order valence-electron chi connectivity index (χ3n) is 3.38. The predicted octanol–water partition coefficient (Wildman–Crippen LogP) is 4.05. The molecule has 0 saturated heterocycles. The number of amides is 1. The molecular formula is C17H17Cl2NO4. The van der Waals surface area contributed by atoms with E-state index in [1.54, 1.807) is 50.6 Å². The van der Waals surface area contributed by atoms with Crippen molar-refractivity contribution in [2.24, 2.45) is 0 Å². The van der Waals surface area contributed by atoms with Crippen LogP contribution in [-0.2, 0) is 4.79 Å². The van der Waals surface area contributed by atoms with Gasteiger partial charge >= 0.3 is 0 Å². The van der Waals surface area contributed by atoms with E-state index in [0.717, 1.165) is 0 Å². The van der Waals surface area contributed by atoms with E-state index >= 15 is 0 Å². The number of hydrogen-bond acceptors (Lipinski definition) is 4. The van der Waals surface area contributed by atoms with E-state index in [1.807, 2.05) is 0 Å². The van der Waals surface area contributed by atoms with Crippen LogP contribution >= 0.6 is 23.2 Å². The van der Waals surface area contributed by atoms with Crippen LogP contribution in [0, 0.1) is 0 Å². The van der Waals surface area contributed by atoms with Crippen LogP contribution in [0.1, 0.15) is 0 Å². The molecule has 0 aromatic heterocycles. The summed E-state index contributed by atoms with van der Waals surface area (Å²) in [6, 6.07) is 10.0. The van der Waals surface area contributed by atoms with Crippen LogP contribution in [0.4, 0.5) is 5.69 Å². The van der Waals surface area contributed by atoms with Crippen LogP contribution in [0.25, 0.3) is 0 Å². The van der Waals surface area contributed by atoms with Gasteiger partial charge in [-0.05, 0) is 24.3 Å². The van der Waals surface area contributed by atoms with Gasteiger partial charge in [0.25, 0.3) is 5.91 Å². The summed E-state index contributed by atoms with van der Waals surface area (Å²) in [6.45, 7) is -0.136. The number of benzene rings is 2. The van der Waals surface area contributed by atoms with Crippen LogP contribution < -0.4 is 19.1 Å². The lowest BCUT2D eigenvalue weighted by Crippen LogP contribution is -2.31. The first-order valence-electron chi connectivity index (χ1n) is 7.02. The first kappa shape index (κ1) is 18.2. The zero-order valence-corrected chi connectivity index (χ0v) is 15.0. The van der Waals surface area contributed by atoms with Gasteiger partial charge in [-0.3, -0.25) is 4.79 Å². The molecule has 0 aliphatic heterocycles. The Bertz CT molecular complexity index is 737. The molecule has 1 amide bonds. The van der Waals surface area contributed by atoms with Crippen LogP contribution in [0.15, 0.2) is 36.4 Å². The Hall–Kier alpha value is -2.11. The van der Waals surface area contributed by atoms with Crippen molar-refractivity contribution in [2.75, 3.05) is 32.8 Å². The quantitative estimate of drug-likeness (QED) is 0.770. The van der Waals surface area contributed by atoms with Crippen LogP contribution in [0.5, 0.6) is 17.2 Å². The highest BCUT2D eigenvalue weighted by Crippen LogP contribution is 2.31. The number of ether oxygens (including phenoxy) is 3. The minimum absolute atomic E-state index is 0.136. The second kappa shape index (κ2) is 8.13. The maximum absolute atomic E-state index is 12.3. The summed E-state index contributed by atoms with van der Waals surface area (Å²) in [6.07, 6.45) is 0. The van der Waals surface area contributed by atoms with Gasteiger partial charge in [-0.1, -0.05) is 23.2 Å². The van der Waals surface area contributed by atoms with E-state index in [0.29, 0.717) is 33.0 Å². The average molecular weight is 370 g/mol. The number of rotatable bonds is 6. The first-order chi connectivity index (χ1) is 11.5. The fourth-order valence-electron chi connectivity index (χ4n) is 1.99. The van der Waals surface area contributed by atoms with Crippen molar-refractivity contribution < 1.29 is 19.0 Å². The molecular weight excluding hydrogens is 353 g/mol. The van der Waals surface area contributed by atoms with Crippen molar-refractivity contribution >= 4 is 34.8 Å². The molecule has 0 bridgehead atoms. The lowest BCUT2D eigenvalue weighted by atomic mass is 10.2. The third kappa shape index (κ3) is 4.24. The van der Waals surface area contributed by atoms with Gasteiger partial charge in [0, 0.05) is 24.9 Å². The molecule has 0 saturated carbocycles. The zero-order valence-electron chi connectivity index (χ0n) is 13.5. The summed E-state index contributed by atoms with van der Waals surface area (Å²) >= 11 is 11.8. The first-order valence-corrected chi connectivity index (χ1v) is 7.78. The topological polar surface area (TPSA) is 48.0 Å². The molecule has 24 heavy (non-hydrogen) atoms. The van der Waals surface area contributed by atoms with Crippen molar-refractivity contribution in [1.82, 2.24) is 0 Å². The average Bonchev–Trinajstić information content (AvgIpc) is 2.61. The highest BCUT2D eigenvalue weighted by Gasteiger charge is 2.14. The Morgan fingerprint density at radius 2 is 1.71 bits per heavy atom. The Kier molecular flexibility index (Phi) is 6.17. The van der Waals surface area contributed by atoms with Gasteiger partial charge in [-0.2, -0.15) is 0 Å². The predicted molar refractivity (Wildman–Crippen MR) is 94.9 cm³/mol. The van der Waals surface area contributed by atoms with Gasteiger partial charge in [0.2, 0.25) is 0 Å². The number of nitrogens with zero attached hydrogens (tertiary/aromatic N) is 1. The number of carbonyl (C=O) groups is 1. The third-order valence-corrected chi connectivity index (χ3v) is 4.12. The second-order valence-corrected chi connectivity index (χ2v) is 5.67. The standard InChI is InChI=1S/C17H17Cl2NO4/c1-20(11-4-7-15(22-2)16(8-11)23-3)17(21)10-24-12-5-6-13(18)14(19)9-12/h4-9H,10H2,1-3H3. The molecule has 7 heteroatoms. The normalized spacial score (nSPS) is 10.2. The number of likely N-dealkylation sites (N-methyl/N-ethyl adjacent to an activating group) is 1. The Morgan fingerprint density at radius 1 is 1.00 bits per heavy atom. The molecule has 2 rings (SSSR count). The van der Waals surface area contributed by atoms with Crippen molar-refractivity contribution in [1.29, 1.82) is 0 Å². The molecule has 0 spiro atoms. The number of halogens is 2. The summed E-state index contributed by atoms with van der Waals surface area (Å²) in [5.41, 5.74) is 0.662. The summed E-state index contributed by atoms with van der Waals surface area (Å²) in [7, 11) is 4.75. The largest absolute Gasteiger partial charge is 0.493 e. The number of carbonyl (C=O) groups excluding carboxylic acids is 1. The molecule has 0 unspecified atom stereocenters. The molecule has 2 aromatic rings. The number of anilines is 1. The van der Waals surface area contributed by atoms with Gasteiger partial charge in [-0.15, -0.1) is 0 Å². The van der Waals surface area contributed by atoms with Gasteiger partial charge in [0.15, 0.2) is 18.1 Å². The molecule has 0 fully saturated rings. The highest BCUT2D eigenvalue weighted by atomic mass is 35.5. The lowest BCUT2D eigenvalue weighted by Gasteiger charge is -2.19. The SMILES string of the molecule is COc1ccc(N(C)C(=O)COc2ccc(Cl)c(Cl)c2)cc1OC. The van der Waals surface area contributed by atoms with Crippen LogP contribution in [0.2, 0.25) is 10.0 Å². The summed E-state index contributed by atoms with van der Waals surface area (Å²) in [4.78, 5) is 13.8. The van der Waals surface area contributed by atoms with Crippen LogP contribution in [0.3, 0.4) is 0 Å². The van der Waals surface area contributed by atoms with Crippen molar-refractivity contribution in [2.45, 2.75) is 0 Å². The van der Waals surface area contributed by atoms with Crippen molar-refractivity contribution in [3.63, 3.8) is 0 Å². The zero-order chi connectivity index (χ0) is 17.7. The van der Waals surface area contributed by atoms with Crippen molar-refractivity contribution in [3.05, 3.63) is 46.4 Å². The second-order valence-electron chi connectivity index (χ2n) is 4.86. The van der Waals surface area contributed by atoms with Crippen LogP contribution in [-0.4, -0.2) is 33.8 Å². The molecule has 0 atom stereocenters. The van der Waals surface area contributed by atoms with E-state index in [4.69, 9.17) is 37.4 Å². The summed E-state index contributed by atoms with van der Waals surface area (Å²) in [5.74, 6) is 1.38. The van der Waals surface area contributed by atoms with Gasteiger partial charge in [-0.25, -0.2) is 0 Å². The fraction of sp³-hybridized carbons (Fsp3) is 0.235. The van der Waals surface area contributed by atoms with E-state index in [2.05, 4.69) is 0 Å². The van der Waals surface area contributed by atoms with Gasteiger partial charge in [0.1, 0.15) is 5.75 Å². The number of hydrogen-bond donors (Lipinski definition) is 0. The molecule has 2 aromatic carbocycles. The maximum atomic E-state index is 12.3. The molecule has 0 N–H and O–H groups in total. The fourth-order valence-corrected chi connectivity index (χ4v) is 2.27. The van der Waals surface area contributed by atoms with Crippen molar-refractivity contribution in [3.8, 4) is 17.2 Å². The van der Waals surface area contributed by atoms with Gasteiger partial charge < -0.3 is 19.1 Å². The van der Waals surface area contributed by atoms with E-state index < -0.39 is 0 Å². The number of methoxy groups -OCH3 is 2. The maximum Gasteiger partial charge on any atom is 0.264 e. The molecule has 0 aliphatic carbocycles. The molecule has 128 valence electrons. The smallest absolute Gasteiger partial charge is 0.264 e. The molecule has 0 aliphatic rings. The summed E-state index contributed by atoms with van der Waals surface area (Å²) < 4.78 is 15.9. The Morgan fingerprint density at radius 3 is 2.33 bits per heavy atom. The highest BCUT2D eigenvalue weighted by molar-refractivity contribution is 6.42. The Balaban J connectivity index is 2.05. The monoisotopic (exact) mass is 369 g/mol. The van der Waals surface area contributed by atoms with E-state index in [-0.39, 0.29) is 12.5 Å². The van der Waals surface area contributed by atoms with E-state index in [1.165, 1.54) is 12.0 Å². The molecule has 0 heterocycles. The molecule has 0 radical (unpaired) electrons. The minimum atomic E-state index is -0.228. The van der Waals surface area contributed by atoms with E-state index in [9.17, 15) is 4.79 Å². The minimum Gasteiger partial charge on any atom is -0.493 e. The molecule has 5 nitrogen and oxygen atoms in total. The lowest BCUT2D eigenvalue weighted by molar-refractivity contribution is -0.120. The summed E-state index contributed by atoms with van der Waals surface area (Å²) in [5, 5.41) is 0.799.